The van der Waals surface area contributed by atoms with E-state index in [9.17, 15) is 9.59 Å². The number of nitrogens with zero attached hydrogens (tertiary/aromatic N) is 6. The Labute approximate surface area is 161 Å². The first-order valence-corrected chi connectivity index (χ1v) is 9.83. The molecule has 1 aromatic carbocycles. The molecule has 1 amide bonds. The van der Waals surface area contributed by atoms with Gasteiger partial charge in [0.1, 0.15) is 0 Å². The number of hydrogen-bond acceptors (Lipinski definition) is 5. The summed E-state index contributed by atoms with van der Waals surface area (Å²) in [6.07, 6.45) is 7.15. The first kappa shape index (κ1) is 17.1. The van der Waals surface area contributed by atoms with Gasteiger partial charge in [-0.15, -0.1) is 5.10 Å². The van der Waals surface area contributed by atoms with Gasteiger partial charge in [0.15, 0.2) is 0 Å². The number of benzene rings is 1. The van der Waals surface area contributed by atoms with Gasteiger partial charge in [0.2, 0.25) is 5.91 Å². The van der Waals surface area contributed by atoms with Gasteiger partial charge in [-0.2, -0.15) is 0 Å². The molecule has 1 atom stereocenters. The Morgan fingerprint density at radius 3 is 2.89 bits per heavy atom. The van der Waals surface area contributed by atoms with Crippen molar-refractivity contribution in [1.82, 2.24) is 29.4 Å². The minimum Gasteiger partial charge on any atom is -0.340 e. The predicted molar refractivity (Wildman–Crippen MR) is 103 cm³/mol. The number of amides is 1. The molecule has 0 radical (unpaired) electrons. The van der Waals surface area contributed by atoms with E-state index in [2.05, 4.69) is 15.3 Å². The first-order valence-electron chi connectivity index (χ1n) is 9.83. The monoisotopic (exact) mass is 378 g/mol. The smallest absolute Gasteiger partial charge is 0.261 e. The molecule has 1 unspecified atom stereocenters. The molecular formula is C20H22N6O2. The molecule has 2 aromatic heterocycles. The van der Waals surface area contributed by atoms with Gasteiger partial charge < -0.3 is 4.90 Å². The number of para-hydroxylation sites is 1. The van der Waals surface area contributed by atoms with Crippen molar-refractivity contribution in [2.24, 2.45) is 0 Å². The van der Waals surface area contributed by atoms with Crippen molar-refractivity contribution < 1.29 is 4.79 Å². The summed E-state index contributed by atoms with van der Waals surface area (Å²) in [5.74, 6) is 0.645. The van der Waals surface area contributed by atoms with Crippen molar-refractivity contribution in [3.05, 3.63) is 52.8 Å². The summed E-state index contributed by atoms with van der Waals surface area (Å²) in [6.45, 7) is 1.70. The highest BCUT2D eigenvalue weighted by atomic mass is 16.2. The van der Waals surface area contributed by atoms with Gasteiger partial charge in [0, 0.05) is 38.2 Å². The highest BCUT2D eigenvalue weighted by Crippen LogP contribution is 2.39. The van der Waals surface area contributed by atoms with Crippen LogP contribution < -0.4 is 5.56 Å². The van der Waals surface area contributed by atoms with E-state index >= 15 is 0 Å². The van der Waals surface area contributed by atoms with Gasteiger partial charge in [0.25, 0.3) is 5.56 Å². The van der Waals surface area contributed by atoms with Crippen molar-refractivity contribution in [2.45, 2.75) is 44.2 Å². The fraction of sp³-hybridized carbons (Fsp3) is 0.450. The lowest BCUT2D eigenvalue weighted by atomic mass is 10.2. The Morgan fingerprint density at radius 1 is 1.18 bits per heavy atom. The van der Waals surface area contributed by atoms with E-state index < -0.39 is 0 Å². The van der Waals surface area contributed by atoms with Gasteiger partial charge in [0.05, 0.1) is 29.0 Å². The van der Waals surface area contributed by atoms with Crippen molar-refractivity contribution >= 4 is 16.8 Å². The van der Waals surface area contributed by atoms with Crippen LogP contribution in [0, 0.1) is 0 Å². The van der Waals surface area contributed by atoms with Gasteiger partial charge in [-0.1, -0.05) is 17.3 Å². The predicted octanol–water partition coefficient (Wildman–Crippen LogP) is 1.73. The molecule has 0 spiro atoms. The van der Waals surface area contributed by atoms with Gasteiger partial charge in [-0.05, 0) is 31.4 Å². The summed E-state index contributed by atoms with van der Waals surface area (Å²) in [4.78, 5) is 31.4. The van der Waals surface area contributed by atoms with Crippen LogP contribution in [0.5, 0.6) is 0 Å². The van der Waals surface area contributed by atoms with Crippen LogP contribution in [0.25, 0.3) is 10.9 Å². The molecule has 0 bridgehead atoms. The van der Waals surface area contributed by atoms with Gasteiger partial charge in [-0.3, -0.25) is 14.2 Å². The molecule has 1 saturated carbocycles. The summed E-state index contributed by atoms with van der Waals surface area (Å²) in [7, 11) is 0. The largest absolute Gasteiger partial charge is 0.340 e. The third kappa shape index (κ3) is 3.19. The van der Waals surface area contributed by atoms with Crippen molar-refractivity contribution in [2.75, 3.05) is 13.1 Å². The highest BCUT2D eigenvalue weighted by Gasteiger charge is 2.31. The van der Waals surface area contributed by atoms with Crippen molar-refractivity contribution in [3.8, 4) is 0 Å². The lowest BCUT2D eigenvalue weighted by molar-refractivity contribution is -0.130. The van der Waals surface area contributed by atoms with Crippen LogP contribution in [0.15, 0.2) is 41.6 Å². The standard InChI is InChI=1S/C20H22N6O2/c27-19(8-10-25-13-21-17-4-2-1-3-16(17)20(25)28)24-9-7-15(11-24)26-12-18(22-23-26)14-5-6-14/h1-4,12-15H,5-11H2. The number of fused-ring (bicyclic) bond motifs is 1. The number of aryl methyl sites for hydroxylation is 1. The second-order valence-corrected chi connectivity index (χ2v) is 7.69. The Kier molecular flexibility index (Phi) is 4.18. The first-order chi connectivity index (χ1) is 13.7. The minimum atomic E-state index is -0.104. The van der Waals surface area contributed by atoms with Crippen LogP contribution in [0.2, 0.25) is 0 Å². The van der Waals surface area contributed by atoms with E-state index in [0.29, 0.717) is 36.5 Å². The van der Waals surface area contributed by atoms with Crippen LogP contribution in [-0.4, -0.2) is 48.4 Å². The number of carbonyl (C=O) groups is 1. The number of hydrogen-bond donors (Lipinski definition) is 0. The molecule has 3 heterocycles. The number of likely N-dealkylation sites (tertiary alicyclic amines) is 1. The number of carbonyl (C=O) groups excluding carboxylic acids is 1. The molecule has 8 nitrogen and oxygen atoms in total. The second-order valence-electron chi connectivity index (χ2n) is 7.69. The topological polar surface area (TPSA) is 85.9 Å². The Bertz CT molecular complexity index is 1080. The molecule has 5 rings (SSSR count). The minimum absolute atomic E-state index is 0.0603. The summed E-state index contributed by atoms with van der Waals surface area (Å²) < 4.78 is 3.44. The average Bonchev–Trinajstić information content (AvgIpc) is 3.25. The summed E-state index contributed by atoms with van der Waals surface area (Å²) in [6, 6.07) is 7.45. The molecule has 1 aliphatic carbocycles. The maximum Gasteiger partial charge on any atom is 0.261 e. The van der Waals surface area contributed by atoms with Gasteiger partial charge in [-0.25, -0.2) is 9.67 Å². The fourth-order valence-corrected chi connectivity index (χ4v) is 3.86. The molecule has 144 valence electrons. The Balaban J connectivity index is 1.21. The quantitative estimate of drug-likeness (QED) is 0.675. The van der Waals surface area contributed by atoms with Crippen molar-refractivity contribution in [3.63, 3.8) is 0 Å². The Morgan fingerprint density at radius 2 is 2.04 bits per heavy atom. The Hall–Kier alpha value is -3.03. The van der Waals surface area contributed by atoms with Crippen LogP contribution >= 0.6 is 0 Å². The zero-order valence-electron chi connectivity index (χ0n) is 15.6. The molecule has 1 saturated heterocycles. The zero-order valence-corrected chi connectivity index (χ0v) is 15.6. The molecule has 3 aromatic rings. The normalized spacial score (nSPS) is 19.4. The zero-order chi connectivity index (χ0) is 19.1. The van der Waals surface area contributed by atoms with E-state index in [4.69, 9.17) is 0 Å². The molecule has 0 N–H and O–H groups in total. The van der Waals surface area contributed by atoms with Crippen molar-refractivity contribution in [1.29, 1.82) is 0 Å². The maximum absolute atomic E-state index is 12.6. The summed E-state index contributed by atoms with van der Waals surface area (Å²) in [5, 5.41) is 9.11. The summed E-state index contributed by atoms with van der Waals surface area (Å²) >= 11 is 0. The SMILES string of the molecule is O=C(CCn1cnc2ccccc2c1=O)N1CCC(n2cc(C3CC3)nn2)C1. The molecule has 1 aliphatic heterocycles. The fourth-order valence-electron chi connectivity index (χ4n) is 3.86. The molecule has 2 fully saturated rings. The lowest BCUT2D eigenvalue weighted by Crippen LogP contribution is -2.31. The van der Waals surface area contributed by atoms with E-state index in [1.807, 2.05) is 34.0 Å². The number of aromatic nitrogens is 5. The second kappa shape index (κ2) is 6.85. The van der Waals surface area contributed by atoms with Crippen LogP contribution in [-0.2, 0) is 11.3 Å². The molecular weight excluding hydrogens is 356 g/mol. The van der Waals surface area contributed by atoms with Crippen LogP contribution in [0.1, 0.15) is 43.3 Å². The van der Waals surface area contributed by atoms with Crippen LogP contribution in [0.3, 0.4) is 0 Å². The van der Waals surface area contributed by atoms with E-state index in [1.165, 1.54) is 23.7 Å². The highest BCUT2D eigenvalue weighted by molar-refractivity contribution is 5.77. The average molecular weight is 378 g/mol. The molecule has 2 aliphatic rings. The molecule has 28 heavy (non-hydrogen) atoms. The summed E-state index contributed by atoms with van der Waals surface area (Å²) in [5.41, 5.74) is 1.65. The molecule has 8 heteroatoms. The van der Waals surface area contributed by atoms with E-state index in [-0.39, 0.29) is 23.9 Å². The van der Waals surface area contributed by atoms with Crippen LogP contribution in [0.4, 0.5) is 0 Å². The van der Waals surface area contributed by atoms with E-state index in [0.717, 1.165) is 12.1 Å². The van der Waals surface area contributed by atoms with Gasteiger partial charge >= 0.3 is 0 Å². The number of rotatable bonds is 5. The maximum atomic E-state index is 12.6. The third-order valence-electron chi connectivity index (χ3n) is 5.71. The third-order valence-corrected chi connectivity index (χ3v) is 5.71. The van der Waals surface area contributed by atoms with E-state index in [1.54, 1.807) is 6.07 Å². The lowest BCUT2D eigenvalue weighted by Gasteiger charge is -2.17.